The molecule has 0 radical (unpaired) electrons. The van der Waals surface area contributed by atoms with Crippen LogP contribution in [-0.4, -0.2) is 46.1 Å². The predicted octanol–water partition coefficient (Wildman–Crippen LogP) is 18.1. The fourth-order valence-electron chi connectivity index (χ4n) is 9.70. The van der Waals surface area contributed by atoms with E-state index >= 15 is 0 Å². The molecule has 3 unspecified atom stereocenters. The summed E-state index contributed by atoms with van der Waals surface area (Å²) in [6.07, 6.45) is 65.5. The van der Waals surface area contributed by atoms with Gasteiger partial charge in [-0.05, 0) is 12.8 Å². The zero-order chi connectivity index (χ0) is 45.8. The Balaban J connectivity index is 3.47. The first-order valence-corrected chi connectivity index (χ1v) is 29.3. The van der Waals surface area contributed by atoms with Gasteiger partial charge in [-0.25, -0.2) is 0 Å². The Labute approximate surface area is 396 Å². The molecule has 0 saturated carbocycles. The highest BCUT2D eigenvalue weighted by atomic mass is 16.3. The Morgan fingerprint density at radius 2 is 0.540 bits per heavy atom. The molecule has 0 aromatic rings. The van der Waals surface area contributed by atoms with Crippen molar-refractivity contribution in [2.24, 2.45) is 0 Å². The lowest BCUT2D eigenvalue weighted by Gasteiger charge is -2.26. The van der Waals surface area contributed by atoms with E-state index in [-0.39, 0.29) is 12.5 Å². The number of aliphatic hydroxyl groups excluding tert-OH is 3. The van der Waals surface area contributed by atoms with E-state index in [1.165, 1.54) is 283 Å². The summed E-state index contributed by atoms with van der Waals surface area (Å²) >= 11 is 0. The van der Waals surface area contributed by atoms with Gasteiger partial charge in [0.15, 0.2) is 0 Å². The number of carbonyl (C=O) groups is 1. The summed E-state index contributed by atoms with van der Waals surface area (Å²) in [5.74, 6) is -0.135. The van der Waals surface area contributed by atoms with E-state index in [1.54, 1.807) is 0 Å². The fourth-order valence-corrected chi connectivity index (χ4v) is 9.70. The van der Waals surface area contributed by atoms with E-state index in [4.69, 9.17) is 0 Å². The molecule has 0 saturated heterocycles. The van der Waals surface area contributed by atoms with Gasteiger partial charge in [0.25, 0.3) is 0 Å². The van der Waals surface area contributed by atoms with Crippen molar-refractivity contribution in [2.45, 2.75) is 360 Å². The molecule has 0 rings (SSSR count). The number of rotatable bonds is 55. The van der Waals surface area contributed by atoms with Gasteiger partial charge in [0.1, 0.15) is 6.10 Å². The van der Waals surface area contributed by atoms with Crippen LogP contribution >= 0.6 is 0 Å². The molecule has 4 N–H and O–H groups in total. The van der Waals surface area contributed by atoms with Crippen molar-refractivity contribution in [3.8, 4) is 0 Å². The maximum absolute atomic E-state index is 12.5. The molecule has 5 nitrogen and oxygen atoms in total. The summed E-state index contributed by atoms with van der Waals surface area (Å²) < 4.78 is 0. The van der Waals surface area contributed by atoms with E-state index in [0.717, 1.165) is 32.1 Å². The van der Waals surface area contributed by atoms with Crippen LogP contribution < -0.4 is 5.32 Å². The van der Waals surface area contributed by atoms with Gasteiger partial charge in [-0.3, -0.25) is 4.79 Å². The first-order valence-electron chi connectivity index (χ1n) is 29.3. The second-order valence-electron chi connectivity index (χ2n) is 20.6. The molecule has 0 aliphatic carbocycles. The maximum atomic E-state index is 12.5. The molecule has 0 aromatic carbocycles. The Bertz CT molecular complexity index is 853. The van der Waals surface area contributed by atoms with E-state index in [2.05, 4.69) is 19.2 Å². The van der Waals surface area contributed by atoms with Crippen molar-refractivity contribution in [3.05, 3.63) is 0 Å². The Hall–Kier alpha value is -0.650. The second-order valence-corrected chi connectivity index (χ2v) is 20.6. The van der Waals surface area contributed by atoms with Gasteiger partial charge in [0.05, 0.1) is 18.8 Å². The summed E-state index contributed by atoms with van der Waals surface area (Å²) in [5.41, 5.74) is 0. The third-order valence-electron chi connectivity index (χ3n) is 14.2. The highest BCUT2D eigenvalue weighted by molar-refractivity contribution is 5.76. The smallest absolute Gasteiger partial charge is 0.220 e. The van der Waals surface area contributed by atoms with E-state index in [0.29, 0.717) is 12.8 Å². The second kappa shape index (κ2) is 54.0. The third kappa shape index (κ3) is 49.1. The highest BCUT2D eigenvalue weighted by Crippen LogP contribution is 2.19. The fraction of sp³-hybridized carbons (Fsp3) is 0.983. The van der Waals surface area contributed by atoms with Crippen molar-refractivity contribution >= 4 is 5.91 Å². The van der Waals surface area contributed by atoms with Crippen molar-refractivity contribution in [3.63, 3.8) is 0 Å². The number of amides is 1. The summed E-state index contributed by atoms with van der Waals surface area (Å²) in [6, 6.07) is -0.804. The van der Waals surface area contributed by atoms with Crippen LogP contribution in [0, 0.1) is 0 Å². The van der Waals surface area contributed by atoms with Crippen molar-refractivity contribution in [1.29, 1.82) is 0 Å². The van der Waals surface area contributed by atoms with Crippen molar-refractivity contribution in [2.75, 3.05) is 6.61 Å². The zero-order valence-corrected chi connectivity index (χ0v) is 43.3. The molecule has 0 aliphatic heterocycles. The van der Waals surface area contributed by atoms with Crippen LogP contribution in [0.1, 0.15) is 341 Å². The first kappa shape index (κ1) is 62.4. The molecule has 0 heterocycles. The average Bonchev–Trinajstić information content (AvgIpc) is 3.29. The summed E-state index contributed by atoms with van der Waals surface area (Å²) in [6.45, 7) is 4.23. The summed E-state index contributed by atoms with van der Waals surface area (Å²) in [7, 11) is 0. The molecular weight excluding hydrogens is 775 g/mol. The van der Waals surface area contributed by atoms with Gasteiger partial charge in [-0.1, -0.05) is 322 Å². The number of hydrogen-bond donors (Lipinski definition) is 4. The number of unbranched alkanes of at least 4 members (excludes halogenated alkanes) is 47. The van der Waals surface area contributed by atoms with Crippen LogP contribution in [0.3, 0.4) is 0 Å². The van der Waals surface area contributed by atoms with E-state index < -0.39 is 18.2 Å². The number of hydrogen-bond acceptors (Lipinski definition) is 4. The minimum Gasteiger partial charge on any atom is -0.394 e. The Morgan fingerprint density at radius 3 is 0.762 bits per heavy atom. The number of nitrogens with one attached hydrogen (secondary N) is 1. The van der Waals surface area contributed by atoms with E-state index in [1.807, 2.05) is 0 Å². The molecule has 0 fully saturated rings. The van der Waals surface area contributed by atoms with Crippen molar-refractivity contribution in [1.82, 2.24) is 5.32 Å². The molecule has 0 aromatic heterocycles. The lowest BCUT2D eigenvalue weighted by atomic mass is 9.99. The zero-order valence-electron chi connectivity index (χ0n) is 43.3. The molecule has 3 atom stereocenters. The molecule has 0 aliphatic rings. The van der Waals surface area contributed by atoms with Crippen LogP contribution in [0.2, 0.25) is 0 Å². The lowest BCUT2D eigenvalue weighted by molar-refractivity contribution is -0.124. The third-order valence-corrected chi connectivity index (χ3v) is 14.2. The minimum atomic E-state index is -1.13. The monoisotopic (exact) mass is 892 g/mol. The van der Waals surface area contributed by atoms with Crippen LogP contribution in [-0.2, 0) is 4.79 Å². The first-order chi connectivity index (χ1) is 31.1. The predicted molar refractivity (Wildman–Crippen MR) is 278 cm³/mol. The van der Waals surface area contributed by atoms with Gasteiger partial charge in [0.2, 0.25) is 5.91 Å². The maximum Gasteiger partial charge on any atom is 0.220 e. The average molecular weight is 893 g/mol. The summed E-state index contributed by atoms with van der Waals surface area (Å²) in [5, 5.41) is 33.8. The van der Waals surface area contributed by atoms with Crippen LogP contribution in [0.25, 0.3) is 0 Å². The quantitative estimate of drug-likeness (QED) is 0.0458. The standard InChI is InChI=1S/C58H117NO4/c1-3-5-7-9-11-13-15-17-19-21-23-25-26-27-28-29-30-31-33-35-37-39-41-43-45-47-49-51-53-57(62)59-55(54-60)58(63)56(61)52-50-48-46-44-42-40-38-36-34-32-24-22-20-18-16-14-12-10-8-6-4-2/h55-56,58,60-61,63H,3-54H2,1-2H3,(H,59,62). The van der Waals surface area contributed by atoms with Crippen LogP contribution in [0.5, 0.6) is 0 Å². The molecule has 0 bridgehead atoms. The topological polar surface area (TPSA) is 89.8 Å². The molecular formula is C58H117NO4. The summed E-state index contributed by atoms with van der Waals surface area (Å²) in [4.78, 5) is 12.5. The van der Waals surface area contributed by atoms with Gasteiger partial charge in [0, 0.05) is 6.42 Å². The molecule has 0 spiro atoms. The van der Waals surface area contributed by atoms with Crippen LogP contribution in [0.4, 0.5) is 0 Å². The van der Waals surface area contributed by atoms with Gasteiger partial charge >= 0.3 is 0 Å². The SMILES string of the molecule is CCCCCCCCCCCCCCCCCCCCCCCCCCCCCCC(=O)NC(CO)C(O)C(O)CCCCCCCCCCCCCCCCCCCCCCC. The van der Waals surface area contributed by atoms with Gasteiger partial charge < -0.3 is 20.6 Å². The Morgan fingerprint density at radius 1 is 0.333 bits per heavy atom. The molecule has 378 valence electrons. The highest BCUT2D eigenvalue weighted by Gasteiger charge is 2.26. The van der Waals surface area contributed by atoms with Gasteiger partial charge in [-0.2, -0.15) is 0 Å². The minimum absolute atomic E-state index is 0.135. The lowest BCUT2D eigenvalue weighted by Crippen LogP contribution is -2.50. The molecule has 1 amide bonds. The number of carbonyl (C=O) groups excluding carboxylic acids is 1. The Kier molecular flexibility index (Phi) is 53.4. The number of aliphatic hydroxyl groups is 3. The van der Waals surface area contributed by atoms with Gasteiger partial charge in [-0.15, -0.1) is 0 Å². The van der Waals surface area contributed by atoms with Crippen LogP contribution in [0.15, 0.2) is 0 Å². The molecule has 5 heteroatoms. The largest absolute Gasteiger partial charge is 0.394 e. The molecule has 63 heavy (non-hydrogen) atoms. The van der Waals surface area contributed by atoms with Crippen molar-refractivity contribution < 1.29 is 20.1 Å². The normalized spacial score (nSPS) is 13.2. The van der Waals surface area contributed by atoms with E-state index in [9.17, 15) is 20.1 Å².